The highest BCUT2D eigenvalue weighted by Crippen LogP contribution is 2.24. The first-order chi connectivity index (χ1) is 10.2. The number of nitrogens with zero attached hydrogens (tertiary/aromatic N) is 1. The molecule has 112 valence electrons. The third kappa shape index (κ3) is 3.64. The van der Waals surface area contributed by atoms with Gasteiger partial charge in [0.15, 0.2) is 11.6 Å². The highest BCUT2D eigenvalue weighted by molar-refractivity contribution is 5.30. The molecule has 0 aliphatic rings. The van der Waals surface area contributed by atoms with Crippen molar-refractivity contribution in [1.82, 2.24) is 10.3 Å². The van der Waals surface area contributed by atoms with E-state index >= 15 is 0 Å². The van der Waals surface area contributed by atoms with E-state index in [1.165, 1.54) is 0 Å². The van der Waals surface area contributed by atoms with E-state index in [9.17, 15) is 8.78 Å². The second-order valence-electron chi connectivity index (χ2n) is 4.96. The summed E-state index contributed by atoms with van der Waals surface area (Å²) in [5.74, 6) is -1.55. The lowest BCUT2D eigenvalue weighted by Gasteiger charge is -2.21. The van der Waals surface area contributed by atoms with E-state index in [4.69, 9.17) is 0 Å². The maximum absolute atomic E-state index is 13.9. The average Bonchev–Trinajstić information content (AvgIpc) is 2.51. The molecule has 1 aromatic heterocycles. The molecule has 0 amide bonds. The number of likely N-dealkylation sites (N-methyl/N-ethyl adjacent to an activating group) is 1. The molecular formula is C17H20F2N2. The summed E-state index contributed by atoms with van der Waals surface area (Å²) < 4.78 is 27.2. The largest absolute Gasteiger partial charge is 0.310 e. The Hall–Kier alpha value is -1.81. The molecule has 1 atom stereocenters. The van der Waals surface area contributed by atoms with Crippen molar-refractivity contribution in [2.24, 2.45) is 0 Å². The van der Waals surface area contributed by atoms with Crippen LogP contribution < -0.4 is 5.32 Å². The fourth-order valence-electron chi connectivity index (χ4n) is 2.54. The quantitative estimate of drug-likeness (QED) is 0.875. The second kappa shape index (κ2) is 7.27. The van der Waals surface area contributed by atoms with Crippen molar-refractivity contribution >= 4 is 0 Å². The van der Waals surface area contributed by atoms with Crippen LogP contribution in [0.25, 0.3) is 0 Å². The maximum Gasteiger partial charge on any atom is 0.162 e. The molecule has 1 aromatic carbocycles. The Labute approximate surface area is 124 Å². The van der Waals surface area contributed by atoms with E-state index < -0.39 is 11.6 Å². The summed E-state index contributed by atoms with van der Waals surface area (Å²) in [4.78, 5) is 4.14. The minimum Gasteiger partial charge on any atom is -0.310 e. The molecule has 0 bridgehead atoms. The predicted molar refractivity (Wildman–Crippen MR) is 80.1 cm³/mol. The number of nitrogens with one attached hydrogen (secondary N) is 1. The molecule has 0 radical (unpaired) electrons. The Morgan fingerprint density at radius 2 is 1.95 bits per heavy atom. The first-order valence-corrected chi connectivity index (χ1v) is 7.26. The van der Waals surface area contributed by atoms with Gasteiger partial charge in [0.05, 0.1) is 0 Å². The minimum absolute atomic E-state index is 0.0516. The van der Waals surface area contributed by atoms with E-state index in [2.05, 4.69) is 17.2 Å². The van der Waals surface area contributed by atoms with E-state index in [-0.39, 0.29) is 6.04 Å². The van der Waals surface area contributed by atoms with Gasteiger partial charge in [-0.15, -0.1) is 0 Å². The summed E-state index contributed by atoms with van der Waals surface area (Å²) >= 11 is 0. The van der Waals surface area contributed by atoms with Crippen LogP contribution in [0.5, 0.6) is 0 Å². The van der Waals surface area contributed by atoms with Crippen molar-refractivity contribution in [2.75, 3.05) is 6.54 Å². The van der Waals surface area contributed by atoms with Gasteiger partial charge < -0.3 is 5.32 Å². The Kier molecular flexibility index (Phi) is 5.39. The van der Waals surface area contributed by atoms with Crippen LogP contribution >= 0.6 is 0 Å². The molecule has 1 heterocycles. The Balaban J connectivity index is 2.33. The average molecular weight is 290 g/mol. The standard InChI is InChI=1S/C17H20F2N2/c1-3-12-11-20-9-8-14(12)16(21-4-2)10-13-6-5-7-15(18)17(13)19/h5-9,11,16,21H,3-4,10H2,1-2H3. The minimum atomic E-state index is -0.798. The Bertz CT molecular complexity index is 599. The van der Waals surface area contributed by atoms with Gasteiger partial charge in [0.1, 0.15) is 0 Å². The fraction of sp³-hybridized carbons (Fsp3) is 0.353. The monoisotopic (exact) mass is 290 g/mol. The number of benzene rings is 1. The van der Waals surface area contributed by atoms with Gasteiger partial charge in [0.25, 0.3) is 0 Å². The van der Waals surface area contributed by atoms with Crippen molar-refractivity contribution in [1.29, 1.82) is 0 Å². The molecule has 4 heteroatoms. The molecule has 0 saturated heterocycles. The summed E-state index contributed by atoms with van der Waals surface area (Å²) in [7, 11) is 0. The van der Waals surface area contributed by atoms with E-state index in [1.807, 2.05) is 19.2 Å². The van der Waals surface area contributed by atoms with Gasteiger partial charge in [-0.2, -0.15) is 0 Å². The number of pyridine rings is 1. The molecule has 1 unspecified atom stereocenters. The summed E-state index contributed by atoms with van der Waals surface area (Å²) in [5.41, 5.74) is 2.61. The lowest BCUT2D eigenvalue weighted by molar-refractivity contribution is 0.480. The number of hydrogen-bond acceptors (Lipinski definition) is 2. The van der Waals surface area contributed by atoms with Crippen molar-refractivity contribution in [3.63, 3.8) is 0 Å². The van der Waals surface area contributed by atoms with Crippen LogP contribution in [0.3, 0.4) is 0 Å². The summed E-state index contributed by atoms with van der Waals surface area (Å²) in [6.07, 6.45) is 4.84. The normalized spacial score (nSPS) is 12.4. The van der Waals surface area contributed by atoms with E-state index in [0.29, 0.717) is 12.0 Å². The molecule has 2 nitrogen and oxygen atoms in total. The molecule has 0 saturated carbocycles. The number of hydrogen-bond donors (Lipinski definition) is 1. The topological polar surface area (TPSA) is 24.9 Å². The van der Waals surface area contributed by atoms with Crippen LogP contribution in [0.4, 0.5) is 8.78 Å². The van der Waals surface area contributed by atoms with Crippen molar-refractivity contribution < 1.29 is 8.78 Å². The Morgan fingerprint density at radius 1 is 1.14 bits per heavy atom. The highest BCUT2D eigenvalue weighted by atomic mass is 19.2. The van der Waals surface area contributed by atoms with Crippen LogP contribution in [-0.4, -0.2) is 11.5 Å². The number of aryl methyl sites for hydroxylation is 1. The second-order valence-corrected chi connectivity index (χ2v) is 4.96. The fourth-order valence-corrected chi connectivity index (χ4v) is 2.54. The van der Waals surface area contributed by atoms with Crippen molar-refractivity contribution in [3.8, 4) is 0 Å². The smallest absolute Gasteiger partial charge is 0.162 e. The molecule has 21 heavy (non-hydrogen) atoms. The zero-order chi connectivity index (χ0) is 15.2. The first-order valence-electron chi connectivity index (χ1n) is 7.26. The van der Waals surface area contributed by atoms with E-state index in [1.54, 1.807) is 18.3 Å². The highest BCUT2D eigenvalue weighted by Gasteiger charge is 2.17. The van der Waals surface area contributed by atoms with Crippen LogP contribution in [0.15, 0.2) is 36.7 Å². The molecular weight excluding hydrogens is 270 g/mol. The summed E-state index contributed by atoms with van der Waals surface area (Å²) in [6.45, 7) is 4.82. The maximum atomic E-state index is 13.9. The van der Waals surface area contributed by atoms with E-state index in [0.717, 1.165) is 30.2 Å². The van der Waals surface area contributed by atoms with Gasteiger partial charge in [0.2, 0.25) is 0 Å². The van der Waals surface area contributed by atoms with Crippen molar-refractivity contribution in [3.05, 3.63) is 65.0 Å². The third-order valence-corrected chi connectivity index (χ3v) is 3.60. The SMILES string of the molecule is CCNC(Cc1cccc(F)c1F)c1ccncc1CC. The molecule has 0 aliphatic heterocycles. The lowest BCUT2D eigenvalue weighted by atomic mass is 9.95. The molecule has 0 spiro atoms. The third-order valence-electron chi connectivity index (χ3n) is 3.60. The Morgan fingerprint density at radius 3 is 2.67 bits per heavy atom. The first kappa shape index (κ1) is 15.6. The number of rotatable bonds is 6. The van der Waals surface area contributed by atoms with Gasteiger partial charge >= 0.3 is 0 Å². The van der Waals surface area contributed by atoms with Crippen LogP contribution in [0, 0.1) is 11.6 Å². The van der Waals surface area contributed by atoms with Gasteiger partial charge in [-0.1, -0.05) is 26.0 Å². The number of aromatic nitrogens is 1. The summed E-state index contributed by atoms with van der Waals surface area (Å²) in [5, 5.41) is 3.35. The zero-order valence-corrected chi connectivity index (χ0v) is 12.4. The van der Waals surface area contributed by atoms with Crippen LogP contribution in [-0.2, 0) is 12.8 Å². The van der Waals surface area contributed by atoms with Gasteiger partial charge in [0, 0.05) is 18.4 Å². The van der Waals surface area contributed by atoms with Gasteiger partial charge in [-0.05, 0) is 48.2 Å². The lowest BCUT2D eigenvalue weighted by Crippen LogP contribution is -2.24. The number of halogens is 2. The molecule has 0 fully saturated rings. The predicted octanol–water partition coefficient (Wildman–Crippen LogP) is 3.82. The van der Waals surface area contributed by atoms with Crippen LogP contribution in [0.2, 0.25) is 0 Å². The van der Waals surface area contributed by atoms with Gasteiger partial charge in [-0.3, -0.25) is 4.98 Å². The molecule has 1 N–H and O–H groups in total. The molecule has 2 rings (SSSR count). The molecule has 2 aromatic rings. The van der Waals surface area contributed by atoms with Gasteiger partial charge in [-0.25, -0.2) is 8.78 Å². The molecule has 0 aliphatic carbocycles. The van der Waals surface area contributed by atoms with Crippen molar-refractivity contribution in [2.45, 2.75) is 32.7 Å². The zero-order valence-electron chi connectivity index (χ0n) is 12.4. The summed E-state index contributed by atoms with van der Waals surface area (Å²) in [6, 6.07) is 6.22. The van der Waals surface area contributed by atoms with Crippen LogP contribution in [0.1, 0.15) is 36.6 Å².